The van der Waals surface area contributed by atoms with Crippen LogP contribution in [0.5, 0.6) is 5.75 Å². The zero-order chi connectivity index (χ0) is 21.9. The average molecular weight is 444 g/mol. The SMILES string of the molecule is CCNC(=NCc1ccccc1OCC1CC1)NCCCS(=O)(=O)Cc1ccccc1. The van der Waals surface area contributed by atoms with E-state index in [1.165, 1.54) is 12.8 Å². The minimum Gasteiger partial charge on any atom is -0.493 e. The molecule has 3 rings (SSSR count). The van der Waals surface area contributed by atoms with E-state index in [2.05, 4.69) is 15.6 Å². The molecule has 1 aliphatic carbocycles. The molecule has 0 radical (unpaired) electrons. The van der Waals surface area contributed by atoms with Crippen molar-refractivity contribution >= 4 is 15.8 Å². The zero-order valence-corrected chi connectivity index (χ0v) is 19.0. The molecule has 2 aromatic rings. The van der Waals surface area contributed by atoms with Gasteiger partial charge in [-0.05, 0) is 43.7 Å². The smallest absolute Gasteiger partial charge is 0.191 e. The summed E-state index contributed by atoms with van der Waals surface area (Å²) in [6.45, 7) is 4.56. The Morgan fingerprint density at radius 2 is 1.81 bits per heavy atom. The van der Waals surface area contributed by atoms with Crippen LogP contribution in [0.15, 0.2) is 59.6 Å². The molecule has 0 aromatic heterocycles. The van der Waals surface area contributed by atoms with Gasteiger partial charge in [-0.15, -0.1) is 0 Å². The molecule has 31 heavy (non-hydrogen) atoms. The Morgan fingerprint density at radius 1 is 1.06 bits per heavy atom. The summed E-state index contributed by atoms with van der Waals surface area (Å²) in [5.74, 6) is 2.50. The van der Waals surface area contributed by atoms with Crippen LogP contribution in [-0.2, 0) is 22.1 Å². The van der Waals surface area contributed by atoms with Gasteiger partial charge in [-0.3, -0.25) is 0 Å². The molecule has 0 atom stereocenters. The topological polar surface area (TPSA) is 79.8 Å². The van der Waals surface area contributed by atoms with Gasteiger partial charge in [0.25, 0.3) is 0 Å². The van der Waals surface area contributed by atoms with E-state index >= 15 is 0 Å². The van der Waals surface area contributed by atoms with Crippen molar-refractivity contribution in [2.45, 2.75) is 38.5 Å². The summed E-state index contributed by atoms with van der Waals surface area (Å²) in [6.07, 6.45) is 3.05. The molecule has 0 aliphatic heterocycles. The summed E-state index contributed by atoms with van der Waals surface area (Å²) in [5.41, 5.74) is 1.87. The summed E-state index contributed by atoms with van der Waals surface area (Å²) >= 11 is 0. The fraction of sp³-hybridized carbons (Fsp3) is 0.458. The number of nitrogens with one attached hydrogen (secondary N) is 2. The number of benzene rings is 2. The van der Waals surface area contributed by atoms with E-state index in [4.69, 9.17) is 4.74 Å². The summed E-state index contributed by atoms with van der Waals surface area (Å²) in [5, 5.41) is 6.46. The molecule has 1 saturated carbocycles. The lowest BCUT2D eigenvalue weighted by Gasteiger charge is -2.13. The Bertz CT molecular complexity index is 942. The molecule has 0 heterocycles. The summed E-state index contributed by atoms with van der Waals surface area (Å²) in [7, 11) is -3.13. The second-order valence-electron chi connectivity index (χ2n) is 7.92. The highest BCUT2D eigenvalue weighted by Crippen LogP contribution is 2.30. The predicted octanol–water partition coefficient (Wildman–Crippen LogP) is 3.54. The van der Waals surface area contributed by atoms with E-state index in [9.17, 15) is 8.42 Å². The van der Waals surface area contributed by atoms with E-state index in [-0.39, 0.29) is 11.5 Å². The Labute approximate surface area is 186 Å². The van der Waals surface area contributed by atoms with E-state index in [0.717, 1.165) is 30.0 Å². The third-order valence-electron chi connectivity index (χ3n) is 5.05. The van der Waals surface area contributed by atoms with Crippen molar-refractivity contribution in [3.63, 3.8) is 0 Å². The lowest BCUT2D eigenvalue weighted by molar-refractivity contribution is 0.297. The van der Waals surface area contributed by atoms with Crippen molar-refractivity contribution in [1.82, 2.24) is 10.6 Å². The average Bonchev–Trinajstić information content (AvgIpc) is 3.59. The van der Waals surface area contributed by atoms with Gasteiger partial charge in [0.15, 0.2) is 15.8 Å². The number of sulfone groups is 1. The van der Waals surface area contributed by atoms with Crippen LogP contribution in [0, 0.1) is 5.92 Å². The largest absolute Gasteiger partial charge is 0.493 e. The van der Waals surface area contributed by atoms with E-state index in [1.807, 2.05) is 61.5 Å². The molecule has 0 amide bonds. The fourth-order valence-electron chi connectivity index (χ4n) is 3.17. The van der Waals surface area contributed by atoms with Crippen molar-refractivity contribution < 1.29 is 13.2 Å². The van der Waals surface area contributed by atoms with E-state index < -0.39 is 9.84 Å². The molecule has 168 valence electrons. The molecule has 1 aliphatic rings. The molecule has 2 aromatic carbocycles. The number of aliphatic imine (C=N–C) groups is 1. The second-order valence-corrected chi connectivity index (χ2v) is 10.1. The van der Waals surface area contributed by atoms with Gasteiger partial charge in [0.2, 0.25) is 0 Å². The minimum atomic E-state index is -3.13. The number of hydrogen-bond acceptors (Lipinski definition) is 4. The van der Waals surface area contributed by atoms with Gasteiger partial charge >= 0.3 is 0 Å². The van der Waals surface area contributed by atoms with Crippen LogP contribution in [-0.4, -0.2) is 39.8 Å². The summed E-state index contributed by atoms with van der Waals surface area (Å²) < 4.78 is 30.7. The Hall–Kier alpha value is -2.54. The maximum atomic E-state index is 12.3. The first-order valence-corrected chi connectivity index (χ1v) is 12.8. The van der Waals surface area contributed by atoms with Crippen LogP contribution in [0.1, 0.15) is 37.3 Å². The van der Waals surface area contributed by atoms with Gasteiger partial charge in [0.1, 0.15) is 5.75 Å². The third-order valence-corrected chi connectivity index (χ3v) is 6.73. The molecule has 0 bridgehead atoms. The van der Waals surface area contributed by atoms with Crippen molar-refractivity contribution in [1.29, 1.82) is 0 Å². The number of hydrogen-bond donors (Lipinski definition) is 2. The van der Waals surface area contributed by atoms with Gasteiger partial charge in [-0.2, -0.15) is 0 Å². The van der Waals surface area contributed by atoms with Crippen LogP contribution in [0.2, 0.25) is 0 Å². The van der Waals surface area contributed by atoms with Gasteiger partial charge in [-0.25, -0.2) is 13.4 Å². The molecule has 2 N–H and O–H groups in total. The lowest BCUT2D eigenvalue weighted by Crippen LogP contribution is -2.38. The lowest BCUT2D eigenvalue weighted by atomic mass is 10.2. The van der Waals surface area contributed by atoms with E-state index in [0.29, 0.717) is 31.4 Å². The molecule has 6 nitrogen and oxygen atoms in total. The number of rotatable bonds is 12. The van der Waals surface area contributed by atoms with Gasteiger partial charge in [0.05, 0.1) is 24.7 Å². The van der Waals surface area contributed by atoms with Crippen LogP contribution in [0.3, 0.4) is 0 Å². The quantitative estimate of drug-likeness (QED) is 0.298. The first kappa shape index (κ1) is 23.1. The molecule has 0 spiro atoms. The monoisotopic (exact) mass is 443 g/mol. The van der Waals surface area contributed by atoms with Gasteiger partial charge in [-0.1, -0.05) is 48.5 Å². The molecule has 7 heteroatoms. The zero-order valence-electron chi connectivity index (χ0n) is 18.2. The Balaban J connectivity index is 1.47. The highest BCUT2D eigenvalue weighted by Gasteiger charge is 2.22. The Morgan fingerprint density at radius 3 is 2.55 bits per heavy atom. The maximum Gasteiger partial charge on any atom is 0.191 e. The number of para-hydroxylation sites is 1. The summed E-state index contributed by atoms with van der Waals surface area (Å²) in [6, 6.07) is 17.3. The fourth-order valence-corrected chi connectivity index (χ4v) is 4.60. The van der Waals surface area contributed by atoms with Crippen molar-refractivity contribution in [3.8, 4) is 5.75 Å². The first-order chi connectivity index (χ1) is 15.1. The maximum absolute atomic E-state index is 12.3. The number of guanidine groups is 1. The molecular formula is C24H33N3O3S. The van der Waals surface area contributed by atoms with Crippen LogP contribution < -0.4 is 15.4 Å². The van der Waals surface area contributed by atoms with Crippen molar-refractivity contribution in [3.05, 3.63) is 65.7 Å². The first-order valence-electron chi connectivity index (χ1n) is 11.0. The van der Waals surface area contributed by atoms with E-state index in [1.54, 1.807) is 0 Å². The van der Waals surface area contributed by atoms with Crippen molar-refractivity contribution in [2.24, 2.45) is 10.9 Å². The Kier molecular flexibility index (Phi) is 8.76. The molecular weight excluding hydrogens is 410 g/mol. The molecule has 0 unspecified atom stereocenters. The van der Waals surface area contributed by atoms with Crippen molar-refractivity contribution in [2.75, 3.05) is 25.4 Å². The number of ether oxygens (including phenoxy) is 1. The van der Waals surface area contributed by atoms with Gasteiger partial charge < -0.3 is 15.4 Å². The van der Waals surface area contributed by atoms with Crippen LogP contribution in [0.25, 0.3) is 0 Å². The van der Waals surface area contributed by atoms with Crippen LogP contribution >= 0.6 is 0 Å². The molecule has 0 saturated heterocycles. The van der Waals surface area contributed by atoms with Gasteiger partial charge in [0, 0.05) is 18.7 Å². The minimum absolute atomic E-state index is 0.0830. The normalized spacial score (nSPS) is 14.3. The third kappa shape index (κ3) is 8.61. The highest BCUT2D eigenvalue weighted by atomic mass is 32.2. The number of nitrogens with zero attached hydrogens (tertiary/aromatic N) is 1. The second kappa shape index (κ2) is 11.7. The summed E-state index contributed by atoms with van der Waals surface area (Å²) in [4.78, 5) is 4.65. The highest BCUT2D eigenvalue weighted by molar-refractivity contribution is 7.90. The predicted molar refractivity (Wildman–Crippen MR) is 126 cm³/mol. The standard InChI is InChI=1S/C24H33N3O3S/c1-2-25-24(26-15-8-16-31(28,29)19-21-9-4-3-5-10-21)27-17-22-11-6-7-12-23(22)30-18-20-13-14-20/h3-7,9-12,20H,2,8,13-19H2,1H3,(H2,25,26,27). The van der Waals surface area contributed by atoms with Crippen LogP contribution in [0.4, 0.5) is 0 Å². The molecule has 1 fully saturated rings.